The van der Waals surface area contributed by atoms with Gasteiger partial charge in [-0.3, -0.25) is 10.1 Å². The fourth-order valence-electron chi connectivity index (χ4n) is 2.02. The molecule has 27 heavy (non-hydrogen) atoms. The zero-order chi connectivity index (χ0) is 19.4. The van der Waals surface area contributed by atoms with Crippen molar-refractivity contribution in [2.75, 3.05) is 5.32 Å². The van der Waals surface area contributed by atoms with Crippen molar-refractivity contribution in [3.05, 3.63) is 69.7 Å². The predicted molar refractivity (Wildman–Crippen MR) is 105 cm³/mol. The summed E-state index contributed by atoms with van der Waals surface area (Å²) in [7, 11) is -3.87. The molecule has 2 N–H and O–H groups in total. The highest BCUT2D eigenvalue weighted by atomic mass is 35.5. The summed E-state index contributed by atoms with van der Waals surface area (Å²) in [5.41, 5.74) is 0.986. The summed E-state index contributed by atoms with van der Waals surface area (Å²) in [5.74, 6) is -0.505. The number of carbonyl (C=O) groups is 1. The number of sulfonamides is 1. The highest BCUT2D eigenvalue weighted by Crippen LogP contribution is 2.22. The maximum Gasteiger partial charge on any atom is 0.270 e. The Labute approximate surface area is 169 Å². The molecule has 11 heteroatoms. The average molecular weight is 443 g/mol. The predicted octanol–water partition coefficient (Wildman–Crippen LogP) is 3.58. The Morgan fingerprint density at radius 1 is 1.04 bits per heavy atom. The van der Waals surface area contributed by atoms with Gasteiger partial charge in [-0.25, -0.2) is 13.1 Å². The summed E-state index contributed by atoms with van der Waals surface area (Å²) in [5, 5.41) is 10.7. The number of amides is 1. The van der Waals surface area contributed by atoms with Gasteiger partial charge in [0.05, 0.1) is 10.6 Å². The second kappa shape index (κ2) is 8.32. The van der Waals surface area contributed by atoms with Crippen molar-refractivity contribution in [2.24, 2.45) is 0 Å². The van der Waals surface area contributed by atoms with Crippen LogP contribution in [0, 0.1) is 0 Å². The molecule has 0 spiro atoms. The second-order valence-electron chi connectivity index (χ2n) is 5.26. The lowest BCUT2D eigenvalue weighted by atomic mass is 10.2. The first-order valence-electron chi connectivity index (χ1n) is 7.48. The van der Waals surface area contributed by atoms with Gasteiger partial charge in [-0.2, -0.15) is 0 Å². The first kappa shape index (κ1) is 19.7. The number of nitrogens with one attached hydrogen (secondary N) is 2. The summed E-state index contributed by atoms with van der Waals surface area (Å²) < 4.78 is 26.8. The van der Waals surface area contributed by atoms with E-state index in [1.807, 2.05) is 0 Å². The number of halogens is 2. The molecule has 7 nitrogen and oxygen atoms in total. The Hall–Kier alpha value is -2.04. The van der Waals surface area contributed by atoms with E-state index in [0.717, 1.165) is 16.9 Å². The van der Waals surface area contributed by atoms with Gasteiger partial charge in [-0.05, 0) is 29.8 Å². The van der Waals surface area contributed by atoms with Crippen molar-refractivity contribution < 1.29 is 13.2 Å². The SMILES string of the molecule is O=C(Nc1nnc(S(=O)(=O)NCc2ccc(Cl)cc2)s1)c1ccccc1Cl. The minimum Gasteiger partial charge on any atom is -0.296 e. The highest BCUT2D eigenvalue weighted by molar-refractivity contribution is 7.91. The molecule has 1 heterocycles. The van der Waals surface area contributed by atoms with E-state index in [-0.39, 0.29) is 26.6 Å². The Morgan fingerprint density at radius 2 is 1.74 bits per heavy atom. The van der Waals surface area contributed by atoms with E-state index in [2.05, 4.69) is 20.2 Å². The number of rotatable bonds is 6. The van der Waals surface area contributed by atoms with Crippen molar-refractivity contribution in [1.29, 1.82) is 0 Å². The standard InChI is InChI=1S/C16H12Cl2N4O3S2/c17-11-7-5-10(6-8-11)9-19-27(24,25)16-22-21-15(26-16)20-14(23)12-3-1-2-4-13(12)18/h1-8,19H,9H2,(H,20,21,23). The molecular formula is C16H12Cl2N4O3S2. The van der Waals surface area contributed by atoms with Crippen LogP contribution in [0.5, 0.6) is 0 Å². The van der Waals surface area contributed by atoms with Crippen molar-refractivity contribution in [3.63, 3.8) is 0 Å². The summed E-state index contributed by atoms with van der Waals surface area (Å²) in [6.45, 7) is 0.0698. The summed E-state index contributed by atoms with van der Waals surface area (Å²) in [6.07, 6.45) is 0. The van der Waals surface area contributed by atoms with Crippen molar-refractivity contribution in [2.45, 2.75) is 10.9 Å². The molecule has 0 aliphatic carbocycles. The number of aromatic nitrogens is 2. The molecule has 0 aliphatic heterocycles. The van der Waals surface area contributed by atoms with Gasteiger partial charge >= 0.3 is 0 Å². The summed E-state index contributed by atoms with van der Waals surface area (Å²) in [6, 6.07) is 13.2. The van der Waals surface area contributed by atoms with E-state index < -0.39 is 15.9 Å². The van der Waals surface area contributed by atoms with Gasteiger partial charge in [-0.15, -0.1) is 10.2 Å². The smallest absolute Gasteiger partial charge is 0.270 e. The molecule has 3 aromatic rings. The van der Waals surface area contributed by atoms with E-state index in [1.54, 1.807) is 48.5 Å². The maximum atomic E-state index is 12.3. The van der Waals surface area contributed by atoms with Crippen LogP contribution in [0.1, 0.15) is 15.9 Å². The summed E-state index contributed by atoms with van der Waals surface area (Å²) in [4.78, 5) is 12.2. The third kappa shape index (κ3) is 5.02. The van der Waals surface area contributed by atoms with Crippen LogP contribution in [0.4, 0.5) is 5.13 Å². The van der Waals surface area contributed by atoms with Crippen LogP contribution in [0.25, 0.3) is 0 Å². The molecule has 0 saturated carbocycles. The van der Waals surface area contributed by atoms with Crippen molar-refractivity contribution in [3.8, 4) is 0 Å². The summed E-state index contributed by atoms with van der Waals surface area (Å²) >= 11 is 12.5. The van der Waals surface area contributed by atoms with Gasteiger partial charge < -0.3 is 0 Å². The number of hydrogen-bond donors (Lipinski definition) is 2. The molecule has 1 amide bonds. The molecule has 0 aliphatic rings. The Balaban J connectivity index is 1.68. The molecule has 0 bridgehead atoms. The molecule has 0 atom stereocenters. The largest absolute Gasteiger partial charge is 0.296 e. The lowest BCUT2D eigenvalue weighted by Crippen LogP contribution is -2.23. The minimum absolute atomic E-state index is 0.0480. The van der Waals surface area contributed by atoms with Crippen molar-refractivity contribution >= 4 is 55.6 Å². The van der Waals surface area contributed by atoms with E-state index in [9.17, 15) is 13.2 Å². The monoisotopic (exact) mass is 442 g/mol. The zero-order valence-corrected chi connectivity index (χ0v) is 16.7. The fraction of sp³-hybridized carbons (Fsp3) is 0.0625. The maximum absolute atomic E-state index is 12.3. The van der Waals surface area contributed by atoms with E-state index in [0.29, 0.717) is 5.02 Å². The third-order valence-corrected chi connectivity index (χ3v) is 6.54. The van der Waals surface area contributed by atoms with Gasteiger partial charge in [0.1, 0.15) is 0 Å². The van der Waals surface area contributed by atoms with E-state index in [1.165, 1.54) is 0 Å². The van der Waals surface area contributed by atoms with Crippen LogP contribution < -0.4 is 10.0 Å². The fourth-order valence-corrected chi connectivity index (χ4v) is 4.32. The minimum atomic E-state index is -3.87. The molecule has 0 unspecified atom stereocenters. The van der Waals surface area contributed by atoms with Crippen LogP contribution in [-0.2, 0) is 16.6 Å². The Morgan fingerprint density at radius 3 is 2.44 bits per heavy atom. The Kier molecular flexibility index (Phi) is 6.08. The van der Waals surface area contributed by atoms with E-state index in [4.69, 9.17) is 23.2 Å². The van der Waals surface area contributed by atoms with Crippen LogP contribution >= 0.6 is 34.5 Å². The average Bonchev–Trinajstić information content (AvgIpc) is 3.11. The lowest BCUT2D eigenvalue weighted by Gasteiger charge is -2.04. The number of anilines is 1. The van der Waals surface area contributed by atoms with E-state index >= 15 is 0 Å². The van der Waals surface area contributed by atoms with Crippen LogP contribution in [-0.4, -0.2) is 24.5 Å². The zero-order valence-electron chi connectivity index (χ0n) is 13.5. The van der Waals surface area contributed by atoms with Crippen LogP contribution in [0.15, 0.2) is 52.9 Å². The molecule has 0 fully saturated rings. The molecule has 1 aromatic heterocycles. The number of hydrogen-bond acceptors (Lipinski definition) is 6. The number of benzene rings is 2. The van der Waals surface area contributed by atoms with Gasteiger partial charge in [-0.1, -0.05) is 58.8 Å². The van der Waals surface area contributed by atoms with Gasteiger partial charge in [0.15, 0.2) is 0 Å². The lowest BCUT2D eigenvalue weighted by molar-refractivity contribution is 0.102. The second-order valence-corrected chi connectivity index (χ2v) is 9.02. The quantitative estimate of drug-likeness (QED) is 0.568. The first-order chi connectivity index (χ1) is 12.8. The molecule has 3 rings (SSSR count). The molecule has 140 valence electrons. The highest BCUT2D eigenvalue weighted by Gasteiger charge is 2.21. The van der Waals surface area contributed by atoms with Gasteiger partial charge in [0.25, 0.3) is 15.9 Å². The first-order valence-corrected chi connectivity index (χ1v) is 10.5. The molecule has 2 aromatic carbocycles. The van der Waals surface area contributed by atoms with Gasteiger partial charge in [0, 0.05) is 11.6 Å². The van der Waals surface area contributed by atoms with Crippen LogP contribution in [0.3, 0.4) is 0 Å². The third-order valence-electron chi connectivity index (χ3n) is 3.35. The van der Waals surface area contributed by atoms with Crippen molar-refractivity contribution in [1.82, 2.24) is 14.9 Å². The number of nitrogens with zero attached hydrogens (tertiary/aromatic N) is 2. The number of carbonyl (C=O) groups excluding carboxylic acids is 1. The molecular weight excluding hydrogens is 431 g/mol. The van der Waals surface area contributed by atoms with Gasteiger partial charge in [0.2, 0.25) is 9.47 Å². The normalized spacial score (nSPS) is 11.3. The topological polar surface area (TPSA) is 101 Å². The van der Waals surface area contributed by atoms with Crippen LogP contribution in [0.2, 0.25) is 10.0 Å². The molecule has 0 saturated heterocycles. The molecule has 0 radical (unpaired) electrons. The Bertz CT molecular complexity index is 1070.